The molecule has 0 bridgehead atoms. The summed E-state index contributed by atoms with van der Waals surface area (Å²) in [5.74, 6) is 0.262. The molecule has 0 N–H and O–H groups in total. The van der Waals surface area contributed by atoms with Gasteiger partial charge in [-0.1, -0.05) is 23.7 Å². The fourth-order valence-electron chi connectivity index (χ4n) is 4.73. The second kappa shape index (κ2) is 8.50. The molecule has 0 unspecified atom stereocenters. The summed E-state index contributed by atoms with van der Waals surface area (Å²) in [6, 6.07) is 10.6. The van der Waals surface area contributed by atoms with E-state index in [1.54, 1.807) is 35.0 Å². The second-order valence-corrected chi connectivity index (χ2v) is 10.8. The van der Waals surface area contributed by atoms with Crippen molar-refractivity contribution in [3.8, 4) is 0 Å². The molecule has 7 nitrogen and oxygen atoms in total. The van der Waals surface area contributed by atoms with Gasteiger partial charge in [0, 0.05) is 32.4 Å². The number of hydrogen-bond donors (Lipinski definition) is 0. The van der Waals surface area contributed by atoms with Crippen molar-refractivity contribution in [2.75, 3.05) is 26.2 Å². The highest BCUT2D eigenvalue weighted by Crippen LogP contribution is 2.33. The maximum atomic E-state index is 13.0. The van der Waals surface area contributed by atoms with Crippen molar-refractivity contribution in [2.45, 2.75) is 36.5 Å². The number of rotatable bonds is 4. The average molecular weight is 473 g/mol. The number of pyridine rings is 1. The first-order valence-electron chi connectivity index (χ1n) is 11.0. The van der Waals surface area contributed by atoms with Gasteiger partial charge in [0.05, 0.1) is 22.3 Å². The molecule has 0 spiro atoms. The van der Waals surface area contributed by atoms with Crippen molar-refractivity contribution in [1.82, 2.24) is 18.8 Å². The van der Waals surface area contributed by atoms with Crippen LogP contribution in [0.4, 0.5) is 0 Å². The van der Waals surface area contributed by atoms with Crippen LogP contribution >= 0.6 is 11.6 Å². The van der Waals surface area contributed by atoms with E-state index in [1.807, 2.05) is 23.2 Å². The van der Waals surface area contributed by atoms with Gasteiger partial charge in [0.2, 0.25) is 10.0 Å². The number of halogens is 1. The standard InChI is InChI=1S/C23H25ClN4O3S/c24-20-5-1-2-6-22(20)32(30,31)27-12-7-17(8-13-27)18-9-14-28-21(15-18)19(16-25-28)23(29)26-10-3-4-11-26/h1-2,5-6,9,14-17H,3-4,7-8,10-13H2. The molecule has 4 heterocycles. The largest absolute Gasteiger partial charge is 0.339 e. The lowest BCUT2D eigenvalue weighted by Gasteiger charge is -2.31. The van der Waals surface area contributed by atoms with Crippen LogP contribution in [0.15, 0.2) is 53.7 Å². The quantitative estimate of drug-likeness (QED) is 0.579. The molecule has 9 heteroatoms. The van der Waals surface area contributed by atoms with Crippen LogP contribution in [0.3, 0.4) is 0 Å². The first kappa shape index (κ1) is 21.4. The lowest BCUT2D eigenvalue weighted by atomic mass is 9.90. The maximum absolute atomic E-state index is 13.0. The molecule has 2 aromatic heterocycles. The van der Waals surface area contributed by atoms with Crippen molar-refractivity contribution in [3.63, 3.8) is 0 Å². The Morgan fingerprint density at radius 3 is 2.47 bits per heavy atom. The smallest absolute Gasteiger partial charge is 0.257 e. The maximum Gasteiger partial charge on any atom is 0.257 e. The van der Waals surface area contributed by atoms with E-state index in [-0.39, 0.29) is 21.7 Å². The Kier molecular flexibility index (Phi) is 5.69. The van der Waals surface area contributed by atoms with E-state index in [4.69, 9.17) is 11.6 Å². The molecule has 32 heavy (non-hydrogen) atoms. The van der Waals surface area contributed by atoms with Gasteiger partial charge < -0.3 is 4.90 Å². The van der Waals surface area contributed by atoms with Gasteiger partial charge in [-0.15, -0.1) is 0 Å². The number of nitrogens with zero attached hydrogens (tertiary/aromatic N) is 4. The Hall–Kier alpha value is -2.42. The summed E-state index contributed by atoms with van der Waals surface area (Å²) in [7, 11) is -3.61. The first-order chi connectivity index (χ1) is 15.4. The summed E-state index contributed by atoms with van der Waals surface area (Å²) in [6.07, 6.45) is 7.06. The van der Waals surface area contributed by atoms with Crippen LogP contribution < -0.4 is 0 Å². The van der Waals surface area contributed by atoms with Crippen LogP contribution in [0, 0.1) is 0 Å². The molecule has 0 atom stereocenters. The normalized spacial score (nSPS) is 18.5. The minimum absolute atomic E-state index is 0.0373. The van der Waals surface area contributed by atoms with E-state index in [0.29, 0.717) is 31.5 Å². The molecule has 0 radical (unpaired) electrons. The summed E-state index contributed by atoms with van der Waals surface area (Å²) in [6.45, 7) is 2.47. The topological polar surface area (TPSA) is 75.0 Å². The Morgan fingerprint density at radius 2 is 1.75 bits per heavy atom. The number of amides is 1. The number of sulfonamides is 1. The third kappa shape index (κ3) is 3.80. The average Bonchev–Trinajstić information content (AvgIpc) is 3.49. The predicted molar refractivity (Wildman–Crippen MR) is 123 cm³/mol. The van der Waals surface area contributed by atoms with Crippen molar-refractivity contribution in [2.24, 2.45) is 0 Å². The number of benzene rings is 1. The van der Waals surface area contributed by atoms with Gasteiger partial charge >= 0.3 is 0 Å². The summed E-state index contributed by atoms with van der Waals surface area (Å²) in [5.41, 5.74) is 2.56. The van der Waals surface area contributed by atoms with Crippen LogP contribution in [0.25, 0.3) is 5.52 Å². The Morgan fingerprint density at radius 1 is 1.03 bits per heavy atom. The molecule has 0 saturated carbocycles. The number of likely N-dealkylation sites (tertiary alicyclic amines) is 1. The van der Waals surface area contributed by atoms with Gasteiger partial charge in [-0.2, -0.15) is 9.40 Å². The molecule has 2 aliphatic heterocycles. The summed E-state index contributed by atoms with van der Waals surface area (Å²) in [5, 5.41) is 4.60. The predicted octanol–water partition coefficient (Wildman–Crippen LogP) is 3.79. The molecule has 0 aliphatic carbocycles. The molecule has 3 aromatic rings. The molecule has 2 fully saturated rings. The third-order valence-electron chi connectivity index (χ3n) is 6.55. The van der Waals surface area contributed by atoms with Gasteiger partial charge in [-0.3, -0.25) is 4.79 Å². The SMILES string of the molecule is O=C(c1cnn2ccc(C3CCN(S(=O)(=O)c4ccccc4Cl)CC3)cc12)N1CCCC1. The minimum Gasteiger partial charge on any atom is -0.339 e. The summed E-state index contributed by atoms with van der Waals surface area (Å²) >= 11 is 6.14. The molecular formula is C23H25ClN4O3S. The Bertz CT molecular complexity index is 1260. The zero-order valence-corrected chi connectivity index (χ0v) is 19.2. The van der Waals surface area contributed by atoms with E-state index in [1.165, 1.54) is 4.31 Å². The van der Waals surface area contributed by atoms with Gasteiger partial charge in [-0.05, 0) is 61.4 Å². The van der Waals surface area contributed by atoms with Crippen LogP contribution in [0.2, 0.25) is 5.02 Å². The van der Waals surface area contributed by atoms with Crippen molar-refractivity contribution < 1.29 is 13.2 Å². The van der Waals surface area contributed by atoms with Gasteiger partial charge in [-0.25, -0.2) is 12.9 Å². The fraction of sp³-hybridized carbons (Fsp3) is 0.391. The fourth-order valence-corrected chi connectivity index (χ4v) is 6.69. The number of carbonyl (C=O) groups excluding carboxylic acids is 1. The third-order valence-corrected chi connectivity index (χ3v) is 8.95. The first-order valence-corrected chi connectivity index (χ1v) is 12.8. The van der Waals surface area contributed by atoms with E-state index in [2.05, 4.69) is 5.10 Å². The zero-order valence-electron chi connectivity index (χ0n) is 17.7. The van der Waals surface area contributed by atoms with Crippen LogP contribution in [0.1, 0.15) is 47.5 Å². The van der Waals surface area contributed by atoms with Crippen LogP contribution in [-0.4, -0.2) is 59.3 Å². The molecule has 1 amide bonds. The molecule has 2 aliphatic rings. The number of fused-ring (bicyclic) bond motifs is 1. The van der Waals surface area contributed by atoms with E-state index in [0.717, 1.165) is 37.0 Å². The van der Waals surface area contributed by atoms with E-state index < -0.39 is 10.0 Å². The van der Waals surface area contributed by atoms with Gasteiger partial charge in [0.25, 0.3) is 5.91 Å². The highest BCUT2D eigenvalue weighted by Gasteiger charge is 2.31. The number of hydrogen-bond acceptors (Lipinski definition) is 4. The lowest BCUT2D eigenvalue weighted by Crippen LogP contribution is -2.38. The number of piperidine rings is 1. The number of carbonyl (C=O) groups is 1. The molecule has 5 rings (SSSR count). The zero-order chi connectivity index (χ0) is 22.3. The van der Waals surface area contributed by atoms with Crippen LogP contribution in [-0.2, 0) is 10.0 Å². The van der Waals surface area contributed by atoms with E-state index in [9.17, 15) is 13.2 Å². The summed E-state index contributed by atoms with van der Waals surface area (Å²) in [4.78, 5) is 15.0. The van der Waals surface area contributed by atoms with Gasteiger partial charge in [0.1, 0.15) is 4.90 Å². The molecule has 168 valence electrons. The van der Waals surface area contributed by atoms with Crippen LogP contribution in [0.5, 0.6) is 0 Å². The van der Waals surface area contributed by atoms with Crippen molar-refractivity contribution >= 4 is 33.0 Å². The van der Waals surface area contributed by atoms with Gasteiger partial charge in [0.15, 0.2) is 0 Å². The highest BCUT2D eigenvalue weighted by molar-refractivity contribution is 7.89. The Labute approximate surface area is 192 Å². The van der Waals surface area contributed by atoms with Crippen molar-refractivity contribution in [1.29, 1.82) is 0 Å². The molecule has 2 saturated heterocycles. The van der Waals surface area contributed by atoms with E-state index >= 15 is 0 Å². The highest BCUT2D eigenvalue weighted by atomic mass is 35.5. The molecule has 1 aromatic carbocycles. The molecular weight excluding hydrogens is 448 g/mol. The van der Waals surface area contributed by atoms with Crippen molar-refractivity contribution in [3.05, 3.63) is 64.9 Å². The minimum atomic E-state index is -3.61. The summed E-state index contributed by atoms with van der Waals surface area (Å²) < 4.78 is 29.3. The Balaban J connectivity index is 1.34. The monoisotopic (exact) mass is 472 g/mol. The second-order valence-electron chi connectivity index (χ2n) is 8.46. The lowest BCUT2D eigenvalue weighted by molar-refractivity contribution is 0.0794. The number of aromatic nitrogens is 2.